The van der Waals surface area contributed by atoms with Crippen molar-refractivity contribution in [2.75, 3.05) is 18.0 Å². The van der Waals surface area contributed by atoms with E-state index >= 15 is 0 Å². The average molecular weight is 369 g/mol. The van der Waals surface area contributed by atoms with Gasteiger partial charge in [0.15, 0.2) is 0 Å². The number of aromatic nitrogens is 4. The fraction of sp³-hybridized carbons (Fsp3) is 0.474. The smallest absolute Gasteiger partial charge is 0.103 e. The number of hydrogen-bond donors (Lipinski definition) is 1. The lowest BCUT2D eigenvalue weighted by molar-refractivity contribution is 0.466. The second kappa shape index (κ2) is 5.47. The third kappa shape index (κ3) is 2.36. The molecule has 134 valence electrons. The molecule has 0 amide bonds. The van der Waals surface area contributed by atoms with Gasteiger partial charge in [-0.3, -0.25) is 4.68 Å². The zero-order valence-electron chi connectivity index (χ0n) is 14.5. The molecule has 2 bridgehead atoms. The molecule has 1 aliphatic carbocycles. The lowest BCUT2D eigenvalue weighted by atomic mass is 10.1. The Morgan fingerprint density at radius 1 is 1.00 bits per heavy atom. The van der Waals surface area contributed by atoms with E-state index in [9.17, 15) is 0 Å². The monoisotopic (exact) mass is 368 g/mol. The zero-order valence-corrected chi connectivity index (χ0v) is 15.2. The summed E-state index contributed by atoms with van der Waals surface area (Å²) in [6, 6.07) is 5.99. The molecule has 4 heterocycles. The number of hydrogen-bond acceptors (Lipinski definition) is 4. The number of halogens is 1. The van der Waals surface area contributed by atoms with Crippen molar-refractivity contribution >= 4 is 28.2 Å². The molecule has 1 aromatic carbocycles. The van der Waals surface area contributed by atoms with E-state index in [1.54, 1.807) is 0 Å². The predicted molar refractivity (Wildman–Crippen MR) is 102 cm³/mol. The first-order valence-electron chi connectivity index (χ1n) is 9.47. The second-order valence-corrected chi connectivity index (χ2v) is 8.28. The van der Waals surface area contributed by atoms with Gasteiger partial charge in [-0.05, 0) is 37.8 Å². The summed E-state index contributed by atoms with van der Waals surface area (Å²) < 4.78 is 4.05. The molecule has 26 heavy (non-hydrogen) atoms. The fourth-order valence-corrected chi connectivity index (χ4v) is 4.74. The molecule has 0 spiro atoms. The van der Waals surface area contributed by atoms with Crippen molar-refractivity contribution in [2.24, 2.45) is 0 Å². The molecule has 7 heteroatoms. The van der Waals surface area contributed by atoms with Gasteiger partial charge in [-0.1, -0.05) is 11.6 Å². The van der Waals surface area contributed by atoms with Crippen LogP contribution in [0, 0.1) is 0 Å². The van der Waals surface area contributed by atoms with Crippen molar-refractivity contribution in [3.8, 4) is 5.69 Å². The summed E-state index contributed by atoms with van der Waals surface area (Å²) in [6.45, 7) is 2.05. The lowest BCUT2D eigenvalue weighted by Gasteiger charge is -2.35. The van der Waals surface area contributed by atoms with E-state index in [4.69, 9.17) is 11.6 Å². The van der Waals surface area contributed by atoms with E-state index < -0.39 is 0 Å². The van der Waals surface area contributed by atoms with E-state index in [2.05, 4.69) is 37.4 Å². The van der Waals surface area contributed by atoms with E-state index in [1.165, 1.54) is 25.7 Å². The Labute approximate surface area is 156 Å². The van der Waals surface area contributed by atoms with Crippen LogP contribution in [0.3, 0.4) is 0 Å². The molecule has 0 radical (unpaired) electrons. The van der Waals surface area contributed by atoms with Crippen LogP contribution in [-0.4, -0.2) is 44.7 Å². The largest absolute Gasteiger partial charge is 0.367 e. The van der Waals surface area contributed by atoms with Gasteiger partial charge < -0.3 is 10.2 Å². The minimum Gasteiger partial charge on any atom is -0.367 e. The van der Waals surface area contributed by atoms with E-state index in [0.29, 0.717) is 18.1 Å². The summed E-state index contributed by atoms with van der Waals surface area (Å²) in [5, 5.41) is 14.7. The summed E-state index contributed by atoms with van der Waals surface area (Å²) in [7, 11) is 0. The van der Waals surface area contributed by atoms with Crippen LogP contribution < -0.4 is 10.2 Å². The van der Waals surface area contributed by atoms with Crippen LogP contribution in [0.2, 0.25) is 5.02 Å². The van der Waals surface area contributed by atoms with Crippen molar-refractivity contribution in [3.63, 3.8) is 0 Å². The highest BCUT2D eigenvalue weighted by atomic mass is 35.5. The summed E-state index contributed by atoms with van der Waals surface area (Å²) in [5.74, 6) is 0. The highest BCUT2D eigenvalue weighted by Crippen LogP contribution is 2.36. The van der Waals surface area contributed by atoms with Crippen LogP contribution in [-0.2, 0) is 0 Å². The van der Waals surface area contributed by atoms with Crippen molar-refractivity contribution in [1.82, 2.24) is 24.9 Å². The highest BCUT2D eigenvalue weighted by Gasteiger charge is 2.33. The molecule has 6 nitrogen and oxygen atoms in total. The molecular formula is C19H21ClN6. The molecule has 3 fully saturated rings. The van der Waals surface area contributed by atoms with Crippen molar-refractivity contribution in [1.29, 1.82) is 0 Å². The molecule has 2 unspecified atom stereocenters. The summed E-state index contributed by atoms with van der Waals surface area (Å²) >= 11 is 6.65. The molecule has 3 aromatic rings. The van der Waals surface area contributed by atoms with Gasteiger partial charge in [0.1, 0.15) is 5.69 Å². The van der Waals surface area contributed by atoms with Crippen LogP contribution in [0.1, 0.15) is 31.7 Å². The number of piperazine rings is 1. The molecule has 2 atom stereocenters. The number of anilines is 1. The SMILES string of the molecule is Clc1cc2cnn(-c3cnn(C4CC4)c3)c2cc1N1CC2CCC(C1)N2. The average Bonchev–Trinajstić information content (AvgIpc) is 3.08. The van der Waals surface area contributed by atoms with Gasteiger partial charge in [0, 0.05) is 30.6 Å². The maximum absolute atomic E-state index is 6.65. The van der Waals surface area contributed by atoms with Crippen LogP contribution in [0.15, 0.2) is 30.7 Å². The van der Waals surface area contributed by atoms with Crippen LogP contribution in [0.5, 0.6) is 0 Å². The fourth-order valence-electron chi connectivity index (χ4n) is 4.45. The number of nitrogens with zero attached hydrogens (tertiary/aromatic N) is 5. The van der Waals surface area contributed by atoms with Crippen molar-refractivity contribution in [2.45, 2.75) is 43.8 Å². The van der Waals surface area contributed by atoms with Crippen molar-refractivity contribution < 1.29 is 0 Å². The first kappa shape index (κ1) is 15.1. The topological polar surface area (TPSA) is 50.9 Å². The van der Waals surface area contributed by atoms with Gasteiger partial charge >= 0.3 is 0 Å². The lowest BCUT2D eigenvalue weighted by Crippen LogP contribution is -2.51. The minimum absolute atomic E-state index is 0.576. The normalized spacial score (nSPS) is 25.3. The molecule has 2 aliphatic heterocycles. The number of rotatable bonds is 3. The third-order valence-electron chi connectivity index (χ3n) is 5.95. The Morgan fingerprint density at radius 3 is 2.58 bits per heavy atom. The van der Waals surface area contributed by atoms with Gasteiger partial charge in [0.2, 0.25) is 0 Å². The molecule has 3 aliphatic rings. The Bertz CT molecular complexity index is 975. The summed E-state index contributed by atoms with van der Waals surface area (Å²) in [5.41, 5.74) is 3.22. The van der Waals surface area contributed by atoms with Gasteiger partial charge in [-0.25, -0.2) is 4.68 Å². The van der Waals surface area contributed by atoms with Gasteiger partial charge in [0.25, 0.3) is 0 Å². The van der Waals surface area contributed by atoms with Gasteiger partial charge in [-0.15, -0.1) is 0 Å². The van der Waals surface area contributed by atoms with Gasteiger partial charge in [-0.2, -0.15) is 10.2 Å². The molecule has 1 N–H and O–H groups in total. The Kier molecular flexibility index (Phi) is 3.17. The Balaban J connectivity index is 1.42. The quantitative estimate of drug-likeness (QED) is 0.771. The van der Waals surface area contributed by atoms with Crippen molar-refractivity contribution in [3.05, 3.63) is 35.7 Å². The number of fused-ring (bicyclic) bond motifs is 3. The first-order valence-corrected chi connectivity index (χ1v) is 9.85. The van der Waals surface area contributed by atoms with Gasteiger partial charge in [0.05, 0.1) is 40.9 Å². The maximum Gasteiger partial charge on any atom is 0.103 e. The van der Waals surface area contributed by atoms with E-state index in [1.807, 2.05) is 23.1 Å². The summed E-state index contributed by atoms with van der Waals surface area (Å²) in [4.78, 5) is 2.44. The van der Waals surface area contributed by atoms with Crippen LogP contribution >= 0.6 is 11.6 Å². The van der Waals surface area contributed by atoms with E-state index in [-0.39, 0.29) is 0 Å². The summed E-state index contributed by atoms with van der Waals surface area (Å²) in [6.07, 6.45) is 10.9. The number of benzene rings is 1. The molecular weight excluding hydrogens is 348 g/mol. The standard InChI is InChI=1S/C19H21ClN6/c20-17-5-12-7-22-26(16-8-21-25(11-16)15-3-4-15)18(12)6-19(17)24-9-13-1-2-14(10-24)23-13/h5-8,11,13-15,23H,1-4,9-10H2. The third-order valence-corrected chi connectivity index (χ3v) is 6.25. The maximum atomic E-state index is 6.65. The minimum atomic E-state index is 0.576. The predicted octanol–water partition coefficient (Wildman–Crippen LogP) is 3.15. The number of nitrogens with one attached hydrogen (secondary N) is 1. The first-order chi connectivity index (χ1) is 12.7. The van der Waals surface area contributed by atoms with Crippen LogP contribution in [0.4, 0.5) is 5.69 Å². The Hall–Kier alpha value is -2.05. The molecule has 2 saturated heterocycles. The Morgan fingerprint density at radius 2 is 1.81 bits per heavy atom. The molecule has 2 aromatic heterocycles. The molecule has 6 rings (SSSR count). The van der Waals surface area contributed by atoms with Crippen LogP contribution in [0.25, 0.3) is 16.6 Å². The zero-order chi connectivity index (χ0) is 17.3. The van der Waals surface area contributed by atoms with E-state index in [0.717, 1.165) is 40.4 Å². The highest BCUT2D eigenvalue weighted by molar-refractivity contribution is 6.34. The molecule has 1 saturated carbocycles. The second-order valence-electron chi connectivity index (χ2n) is 7.87.